The van der Waals surface area contributed by atoms with E-state index in [2.05, 4.69) is 10.6 Å². The molecule has 0 spiro atoms. The molecule has 1 aromatic rings. The highest BCUT2D eigenvalue weighted by Crippen LogP contribution is 2.30. The Morgan fingerprint density at radius 1 is 1.14 bits per heavy atom. The number of nitrogens with two attached hydrogens (primary N) is 1. The van der Waals surface area contributed by atoms with E-state index in [1.54, 1.807) is 4.90 Å². The summed E-state index contributed by atoms with van der Waals surface area (Å²) in [7, 11) is 0. The lowest BCUT2D eigenvalue weighted by Crippen LogP contribution is -2.52. The number of rotatable bonds is 6. The number of benzene rings is 1. The van der Waals surface area contributed by atoms with Gasteiger partial charge in [-0.25, -0.2) is 0 Å². The number of hydrogen-bond acceptors (Lipinski definition) is 5. The summed E-state index contributed by atoms with van der Waals surface area (Å²) < 4.78 is 0. The van der Waals surface area contributed by atoms with Crippen LogP contribution in [0.5, 0.6) is 0 Å². The summed E-state index contributed by atoms with van der Waals surface area (Å²) in [5, 5.41) is 5.98. The van der Waals surface area contributed by atoms with Crippen LogP contribution in [0.15, 0.2) is 18.2 Å². The maximum atomic E-state index is 12.9. The van der Waals surface area contributed by atoms with Gasteiger partial charge in [-0.2, -0.15) is 0 Å². The number of carbonyl (C=O) groups excluding carboxylic acids is 3. The molecule has 4 rings (SSSR count). The Labute approximate surface area is 171 Å². The molecule has 0 aromatic heterocycles. The van der Waals surface area contributed by atoms with Gasteiger partial charge in [0.25, 0.3) is 5.91 Å². The molecule has 1 saturated heterocycles. The van der Waals surface area contributed by atoms with Crippen molar-refractivity contribution in [2.24, 2.45) is 11.7 Å². The molecular formula is C22H30N4O3. The van der Waals surface area contributed by atoms with Gasteiger partial charge in [0.2, 0.25) is 11.8 Å². The van der Waals surface area contributed by atoms with E-state index in [0.717, 1.165) is 11.1 Å². The molecular weight excluding hydrogens is 368 g/mol. The van der Waals surface area contributed by atoms with E-state index in [-0.39, 0.29) is 30.2 Å². The monoisotopic (exact) mass is 398 g/mol. The van der Waals surface area contributed by atoms with Crippen molar-refractivity contribution in [3.63, 3.8) is 0 Å². The lowest BCUT2D eigenvalue weighted by Gasteiger charge is -2.30. The first-order valence-corrected chi connectivity index (χ1v) is 10.8. The Kier molecular flexibility index (Phi) is 5.96. The van der Waals surface area contributed by atoms with Crippen molar-refractivity contribution in [2.45, 2.75) is 70.1 Å². The van der Waals surface area contributed by atoms with Crippen LogP contribution in [0, 0.1) is 5.92 Å². The first-order chi connectivity index (χ1) is 14.1. The average Bonchev–Trinajstić information content (AvgIpc) is 3.06. The molecule has 2 fully saturated rings. The second-order valence-corrected chi connectivity index (χ2v) is 8.46. The van der Waals surface area contributed by atoms with Gasteiger partial charge in [0, 0.05) is 37.7 Å². The maximum absolute atomic E-state index is 12.9. The first kappa shape index (κ1) is 20.0. The zero-order valence-electron chi connectivity index (χ0n) is 16.8. The van der Waals surface area contributed by atoms with E-state index in [0.29, 0.717) is 37.5 Å². The third kappa shape index (κ3) is 4.07. The fourth-order valence-electron chi connectivity index (χ4n) is 5.04. The molecule has 0 bridgehead atoms. The fourth-order valence-corrected chi connectivity index (χ4v) is 5.04. The molecule has 3 amide bonds. The smallest absolute Gasteiger partial charge is 0.255 e. The maximum Gasteiger partial charge on any atom is 0.255 e. The SMILES string of the molecule is NC[C@@H](NCc1cccc2c1CN(C1CCC(=O)NC1=O)C2=O)C1CCCCC1. The molecule has 0 radical (unpaired) electrons. The van der Waals surface area contributed by atoms with Crippen molar-refractivity contribution in [1.82, 2.24) is 15.5 Å². The van der Waals surface area contributed by atoms with E-state index in [4.69, 9.17) is 5.73 Å². The summed E-state index contributed by atoms with van der Waals surface area (Å²) in [5.41, 5.74) is 8.78. The Morgan fingerprint density at radius 3 is 2.66 bits per heavy atom. The van der Waals surface area contributed by atoms with Crippen molar-refractivity contribution in [3.05, 3.63) is 34.9 Å². The minimum Gasteiger partial charge on any atom is -0.329 e. The predicted octanol–water partition coefficient (Wildman–Crippen LogP) is 1.44. The van der Waals surface area contributed by atoms with Gasteiger partial charge in [-0.1, -0.05) is 31.4 Å². The number of piperidine rings is 1. The molecule has 2 heterocycles. The number of nitrogens with one attached hydrogen (secondary N) is 2. The number of amides is 3. The van der Waals surface area contributed by atoms with Crippen LogP contribution in [-0.2, 0) is 22.7 Å². The zero-order chi connectivity index (χ0) is 20.4. The predicted molar refractivity (Wildman–Crippen MR) is 109 cm³/mol. The minimum atomic E-state index is -0.576. The van der Waals surface area contributed by atoms with Crippen LogP contribution < -0.4 is 16.4 Å². The highest BCUT2D eigenvalue weighted by atomic mass is 16.2. The Hall–Kier alpha value is -2.25. The molecule has 2 atom stereocenters. The molecule has 1 unspecified atom stereocenters. The van der Waals surface area contributed by atoms with Crippen molar-refractivity contribution >= 4 is 17.7 Å². The Bertz CT molecular complexity index is 803. The highest BCUT2D eigenvalue weighted by Gasteiger charge is 2.39. The number of nitrogens with zero attached hydrogens (tertiary/aromatic N) is 1. The van der Waals surface area contributed by atoms with Gasteiger partial charge < -0.3 is 16.0 Å². The van der Waals surface area contributed by atoms with Gasteiger partial charge in [-0.3, -0.25) is 19.7 Å². The average molecular weight is 399 g/mol. The Balaban J connectivity index is 1.46. The molecule has 3 aliphatic rings. The standard InChI is InChI=1S/C22H30N4O3/c23-11-18(14-5-2-1-3-6-14)24-12-15-7-4-8-16-17(15)13-26(22(16)29)19-9-10-20(27)25-21(19)28/h4,7-8,14,18-19,24H,1-3,5-6,9-13,23H2,(H,25,27,28)/t18-,19?/m1/s1. The first-order valence-electron chi connectivity index (χ1n) is 10.8. The zero-order valence-corrected chi connectivity index (χ0v) is 16.8. The van der Waals surface area contributed by atoms with Crippen LogP contribution in [0.25, 0.3) is 0 Å². The topological polar surface area (TPSA) is 105 Å². The van der Waals surface area contributed by atoms with Gasteiger partial charge in [0.1, 0.15) is 6.04 Å². The second kappa shape index (κ2) is 8.63. The van der Waals surface area contributed by atoms with E-state index in [1.807, 2.05) is 18.2 Å². The van der Waals surface area contributed by atoms with Crippen LogP contribution in [-0.4, -0.2) is 41.2 Å². The molecule has 7 nitrogen and oxygen atoms in total. The third-order valence-electron chi connectivity index (χ3n) is 6.71. The summed E-state index contributed by atoms with van der Waals surface area (Å²) >= 11 is 0. The summed E-state index contributed by atoms with van der Waals surface area (Å²) in [6.45, 7) is 1.69. The molecule has 4 N–H and O–H groups in total. The Morgan fingerprint density at radius 2 is 1.93 bits per heavy atom. The lowest BCUT2D eigenvalue weighted by molar-refractivity contribution is -0.136. The van der Waals surface area contributed by atoms with Crippen LogP contribution in [0.1, 0.15) is 66.4 Å². The van der Waals surface area contributed by atoms with Gasteiger partial charge in [0.05, 0.1) is 0 Å². The van der Waals surface area contributed by atoms with Crippen LogP contribution in [0.2, 0.25) is 0 Å². The highest BCUT2D eigenvalue weighted by molar-refractivity contribution is 6.05. The van der Waals surface area contributed by atoms with Crippen LogP contribution >= 0.6 is 0 Å². The normalized spacial score (nSPS) is 23.8. The minimum absolute atomic E-state index is 0.126. The van der Waals surface area contributed by atoms with Gasteiger partial charge >= 0.3 is 0 Å². The lowest BCUT2D eigenvalue weighted by atomic mass is 9.84. The van der Waals surface area contributed by atoms with E-state index < -0.39 is 6.04 Å². The summed E-state index contributed by atoms with van der Waals surface area (Å²) in [5.74, 6) is -0.149. The largest absolute Gasteiger partial charge is 0.329 e. The van der Waals surface area contributed by atoms with Gasteiger partial charge in [-0.15, -0.1) is 0 Å². The molecule has 2 aliphatic heterocycles. The third-order valence-corrected chi connectivity index (χ3v) is 6.71. The summed E-state index contributed by atoms with van der Waals surface area (Å²) in [6.07, 6.45) is 6.97. The van der Waals surface area contributed by atoms with Crippen molar-refractivity contribution in [2.75, 3.05) is 6.54 Å². The second-order valence-electron chi connectivity index (χ2n) is 8.46. The van der Waals surface area contributed by atoms with Crippen molar-refractivity contribution < 1.29 is 14.4 Å². The molecule has 7 heteroatoms. The summed E-state index contributed by atoms with van der Waals surface area (Å²) in [6, 6.07) is 5.48. The van der Waals surface area contributed by atoms with Crippen molar-refractivity contribution in [1.29, 1.82) is 0 Å². The molecule has 1 aliphatic carbocycles. The number of carbonyl (C=O) groups is 3. The molecule has 29 heavy (non-hydrogen) atoms. The van der Waals surface area contributed by atoms with E-state index in [1.165, 1.54) is 32.1 Å². The molecule has 1 saturated carbocycles. The number of fused-ring (bicyclic) bond motifs is 1. The van der Waals surface area contributed by atoms with Gasteiger partial charge in [0.15, 0.2) is 0 Å². The fraction of sp³-hybridized carbons (Fsp3) is 0.591. The van der Waals surface area contributed by atoms with Crippen molar-refractivity contribution in [3.8, 4) is 0 Å². The van der Waals surface area contributed by atoms with Crippen LogP contribution in [0.3, 0.4) is 0 Å². The van der Waals surface area contributed by atoms with Crippen LogP contribution in [0.4, 0.5) is 0 Å². The van der Waals surface area contributed by atoms with E-state index >= 15 is 0 Å². The summed E-state index contributed by atoms with van der Waals surface area (Å²) in [4.78, 5) is 38.2. The van der Waals surface area contributed by atoms with Gasteiger partial charge in [-0.05, 0) is 42.4 Å². The number of hydrogen-bond donors (Lipinski definition) is 3. The molecule has 156 valence electrons. The quantitative estimate of drug-likeness (QED) is 0.629. The van der Waals surface area contributed by atoms with E-state index in [9.17, 15) is 14.4 Å². The molecule has 1 aromatic carbocycles. The number of imide groups is 1.